The zero-order chi connectivity index (χ0) is 6.41. The molecule has 1 unspecified atom stereocenters. The van der Waals surface area contributed by atoms with Gasteiger partial charge in [-0.25, -0.2) is 0 Å². The third-order valence-corrected chi connectivity index (χ3v) is 0.566. The zero-order valence-electron chi connectivity index (χ0n) is 5.05. The Labute approximate surface area is 50.0 Å². The first kappa shape index (κ1) is 7.48. The molecular formula is C6H11NO. The summed E-state index contributed by atoms with van der Waals surface area (Å²) in [5.41, 5.74) is 5.34. The lowest BCUT2D eigenvalue weighted by atomic mass is 10.4. The van der Waals surface area contributed by atoms with Crippen LogP contribution in [0.25, 0.3) is 0 Å². The van der Waals surface area contributed by atoms with E-state index in [1.807, 2.05) is 6.92 Å². The quantitative estimate of drug-likeness (QED) is 0.412. The molecule has 0 aliphatic rings. The SMILES string of the molecule is C#CCOCC(C)N. The number of hydrogen-bond donors (Lipinski definition) is 1. The van der Waals surface area contributed by atoms with Crippen LogP contribution in [0.15, 0.2) is 0 Å². The monoisotopic (exact) mass is 113 g/mol. The molecule has 0 amide bonds. The molecule has 0 saturated carbocycles. The summed E-state index contributed by atoms with van der Waals surface area (Å²) in [5, 5.41) is 0. The van der Waals surface area contributed by atoms with Crippen LogP contribution in [0.1, 0.15) is 6.92 Å². The normalized spacial score (nSPS) is 12.6. The Hall–Kier alpha value is -0.520. The van der Waals surface area contributed by atoms with Gasteiger partial charge in [0.15, 0.2) is 0 Å². The van der Waals surface area contributed by atoms with Crippen molar-refractivity contribution in [3.05, 3.63) is 0 Å². The summed E-state index contributed by atoms with van der Waals surface area (Å²) in [6, 6.07) is 0.0864. The van der Waals surface area contributed by atoms with Gasteiger partial charge in [-0.15, -0.1) is 6.42 Å². The number of nitrogens with two attached hydrogens (primary N) is 1. The maximum absolute atomic E-state index is 5.34. The standard InChI is InChI=1S/C6H11NO/c1-3-4-8-5-6(2)7/h1,6H,4-5,7H2,2H3. The van der Waals surface area contributed by atoms with Crippen LogP contribution in [0, 0.1) is 12.3 Å². The number of rotatable bonds is 3. The van der Waals surface area contributed by atoms with E-state index >= 15 is 0 Å². The Morgan fingerprint density at radius 2 is 2.50 bits per heavy atom. The lowest BCUT2D eigenvalue weighted by Crippen LogP contribution is -2.21. The average molecular weight is 113 g/mol. The molecule has 1 atom stereocenters. The first-order valence-electron chi connectivity index (χ1n) is 2.54. The van der Waals surface area contributed by atoms with Gasteiger partial charge in [-0.2, -0.15) is 0 Å². The second-order valence-electron chi connectivity index (χ2n) is 1.70. The van der Waals surface area contributed by atoms with Crippen molar-refractivity contribution in [1.82, 2.24) is 0 Å². The van der Waals surface area contributed by atoms with E-state index in [1.165, 1.54) is 0 Å². The summed E-state index contributed by atoms with van der Waals surface area (Å²) >= 11 is 0. The molecular weight excluding hydrogens is 102 g/mol. The fourth-order valence-corrected chi connectivity index (χ4v) is 0.304. The van der Waals surface area contributed by atoms with E-state index in [-0.39, 0.29) is 6.04 Å². The van der Waals surface area contributed by atoms with Crippen LogP contribution in [0.3, 0.4) is 0 Å². The Balaban J connectivity index is 2.85. The maximum atomic E-state index is 5.34. The average Bonchev–Trinajstić information content (AvgIpc) is 1.66. The van der Waals surface area contributed by atoms with Crippen molar-refractivity contribution in [3.8, 4) is 12.3 Å². The number of terminal acetylenes is 1. The third kappa shape index (κ3) is 5.48. The van der Waals surface area contributed by atoms with Crippen molar-refractivity contribution in [3.63, 3.8) is 0 Å². The van der Waals surface area contributed by atoms with Gasteiger partial charge in [0.2, 0.25) is 0 Å². The van der Waals surface area contributed by atoms with Gasteiger partial charge in [0.25, 0.3) is 0 Å². The van der Waals surface area contributed by atoms with Crippen LogP contribution in [0.5, 0.6) is 0 Å². The van der Waals surface area contributed by atoms with Crippen LogP contribution >= 0.6 is 0 Å². The summed E-state index contributed by atoms with van der Waals surface area (Å²) in [7, 11) is 0. The van der Waals surface area contributed by atoms with E-state index in [0.717, 1.165) is 0 Å². The minimum Gasteiger partial charge on any atom is -0.367 e. The predicted molar refractivity (Wildman–Crippen MR) is 33.3 cm³/mol. The zero-order valence-corrected chi connectivity index (χ0v) is 5.05. The molecule has 0 heterocycles. The minimum absolute atomic E-state index is 0.0864. The topological polar surface area (TPSA) is 35.2 Å². The van der Waals surface area contributed by atoms with Gasteiger partial charge in [-0.3, -0.25) is 0 Å². The highest BCUT2D eigenvalue weighted by Crippen LogP contribution is 1.76. The summed E-state index contributed by atoms with van der Waals surface area (Å²) in [6.45, 7) is 2.78. The summed E-state index contributed by atoms with van der Waals surface area (Å²) < 4.78 is 4.88. The second kappa shape index (κ2) is 4.63. The molecule has 0 aromatic rings. The second-order valence-corrected chi connectivity index (χ2v) is 1.70. The molecule has 0 aliphatic heterocycles. The molecule has 0 aromatic carbocycles. The Bertz CT molecular complexity index is 83.0. The third-order valence-electron chi connectivity index (χ3n) is 0.566. The molecule has 0 saturated heterocycles. The van der Waals surface area contributed by atoms with Gasteiger partial charge >= 0.3 is 0 Å². The van der Waals surface area contributed by atoms with E-state index in [0.29, 0.717) is 13.2 Å². The lowest BCUT2D eigenvalue weighted by Gasteiger charge is -2.01. The fraction of sp³-hybridized carbons (Fsp3) is 0.667. The van der Waals surface area contributed by atoms with E-state index in [1.54, 1.807) is 0 Å². The van der Waals surface area contributed by atoms with Crippen LogP contribution in [-0.2, 0) is 4.74 Å². The highest BCUT2D eigenvalue weighted by atomic mass is 16.5. The molecule has 0 bridgehead atoms. The predicted octanol–water partition coefficient (Wildman–Crippen LogP) is -0.0166. The van der Waals surface area contributed by atoms with E-state index in [2.05, 4.69) is 5.92 Å². The maximum Gasteiger partial charge on any atom is 0.107 e. The highest BCUT2D eigenvalue weighted by molar-refractivity contribution is 4.82. The molecule has 0 aromatic heterocycles. The molecule has 0 fully saturated rings. The Morgan fingerprint density at radius 1 is 1.88 bits per heavy atom. The molecule has 46 valence electrons. The summed E-state index contributed by atoms with van der Waals surface area (Å²) in [5.74, 6) is 2.35. The molecule has 2 heteroatoms. The van der Waals surface area contributed by atoms with Gasteiger partial charge < -0.3 is 10.5 Å². The van der Waals surface area contributed by atoms with Crippen molar-refractivity contribution in [1.29, 1.82) is 0 Å². The van der Waals surface area contributed by atoms with Gasteiger partial charge in [0, 0.05) is 6.04 Å². The first-order chi connectivity index (χ1) is 3.77. The largest absolute Gasteiger partial charge is 0.367 e. The van der Waals surface area contributed by atoms with E-state index in [4.69, 9.17) is 16.9 Å². The summed E-state index contributed by atoms with van der Waals surface area (Å²) in [6.07, 6.45) is 4.90. The smallest absolute Gasteiger partial charge is 0.107 e. The van der Waals surface area contributed by atoms with Crippen molar-refractivity contribution in [2.24, 2.45) is 5.73 Å². The van der Waals surface area contributed by atoms with Crippen molar-refractivity contribution < 1.29 is 4.74 Å². The molecule has 0 spiro atoms. The van der Waals surface area contributed by atoms with Crippen LogP contribution < -0.4 is 5.73 Å². The summed E-state index contributed by atoms with van der Waals surface area (Å²) in [4.78, 5) is 0. The molecule has 8 heavy (non-hydrogen) atoms. The Morgan fingerprint density at radius 3 is 2.88 bits per heavy atom. The van der Waals surface area contributed by atoms with Crippen LogP contribution in [-0.4, -0.2) is 19.3 Å². The van der Waals surface area contributed by atoms with Crippen molar-refractivity contribution in [2.45, 2.75) is 13.0 Å². The number of hydrogen-bond acceptors (Lipinski definition) is 2. The van der Waals surface area contributed by atoms with E-state index in [9.17, 15) is 0 Å². The van der Waals surface area contributed by atoms with Crippen LogP contribution in [0.2, 0.25) is 0 Å². The molecule has 2 N–H and O–H groups in total. The fourth-order valence-electron chi connectivity index (χ4n) is 0.304. The first-order valence-corrected chi connectivity index (χ1v) is 2.54. The number of ether oxygens (including phenoxy) is 1. The van der Waals surface area contributed by atoms with E-state index < -0.39 is 0 Å². The van der Waals surface area contributed by atoms with Gasteiger partial charge in [-0.1, -0.05) is 5.92 Å². The lowest BCUT2D eigenvalue weighted by molar-refractivity contribution is 0.156. The molecule has 0 rings (SSSR count). The Kier molecular flexibility index (Phi) is 4.33. The minimum atomic E-state index is 0.0864. The van der Waals surface area contributed by atoms with Crippen molar-refractivity contribution >= 4 is 0 Å². The molecule has 0 radical (unpaired) electrons. The van der Waals surface area contributed by atoms with Gasteiger partial charge in [0.05, 0.1) is 6.61 Å². The van der Waals surface area contributed by atoms with Crippen LogP contribution in [0.4, 0.5) is 0 Å². The molecule has 0 aliphatic carbocycles. The molecule has 2 nitrogen and oxygen atoms in total. The van der Waals surface area contributed by atoms with Gasteiger partial charge in [0.1, 0.15) is 6.61 Å². The van der Waals surface area contributed by atoms with Crippen molar-refractivity contribution in [2.75, 3.05) is 13.2 Å². The van der Waals surface area contributed by atoms with Gasteiger partial charge in [-0.05, 0) is 6.92 Å². The highest BCUT2D eigenvalue weighted by Gasteiger charge is 1.89.